The summed E-state index contributed by atoms with van der Waals surface area (Å²) >= 11 is 0. The van der Waals surface area contributed by atoms with Gasteiger partial charge in [0, 0.05) is 25.2 Å². The Kier molecular flexibility index (Phi) is 5.01. The zero-order chi connectivity index (χ0) is 13.1. The van der Waals surface area contributed by atoms with Crippen molar-refractivity contribution in [2.45, 2.75) is 62.8 Å². The Morgan fingerprint density at radius 2 is 1.83 bits per heavy atom. The molecule has 0 aromatic rings. The van der Waals surface area contributed by atoms with Gasteiger partial charge in [0.05, 0.1) is 12.2 Å². The molecule has 0 amide bonds. The Balaban J connectivity index is 2.03. The fourth-order valence-corrected chi connectivity index (χ4v) is 3.58. The smallest absolute Gasteiger partial charge is 0.0695 e. The molecule has 2 aliphatic rings. The van der Waals surface area contributed by atoms with Gasteiger partial charge in [-0.2, -0.15) is 0 Å². The molecule has 4 nitrogen and oxygen atoms in total. The quantitative estimate of drug-likeness (QED) is 0.729. The van der Waals surface area contributed by atoms with Gasteiger partial charge >= 0.3 is 0 Å². The topological polar surface area (TPSA) is 46.9 Å². The Morgan fingerprint density at radius 3 is 2.56 bits per heavy atom. The molecule has 2 fully saturated rings. The highest BCUT2D eigenvalue weighted by Gasteiger charge is 2.38. The molecule has 4 atom stereocenters. The van der Waals surface area contributed by atoms with E-state index in [1.165, 1.54) is 12.8 Å². The van der Waals surface area contributed by atoms with Gasteiger partial charge in [-0.05, 0) is 33.4 Å². The lowest BCUT2D eigenvalue weighted by Crippen LogP contribution is -2.48. The van der Waals surface area contributed by atoms with Crippen LogP contribution in [0.1, 0.15) is 38.5 Å². The molecule has 0 bridgehead atoms. The van der Waals surface area contributed by atoms with Gasteiger partial charge in [0.2, 0.25) is 0 Å². The van der Waals surface area contributed by atoms with Gasteiger partial charge in [0.15, 0.2) is 0 Å². The number of β-amino-alcohol motifs (C(OH)–C–C–N with tert-alkyl or cyclic N) is 1. The summed E-state index contributed by atoms with van der Waals surface area (Å²) in [6, 6.07) is 0.655. The Bertz CT molecular complexity index is 260. The van der Waals surface area contributed by atoms with Gasteiger partial charge < -0.3 is 15.1 Å². The summed E-state index contributed by atoms with van der Waals surface area (Å²) in [4.78, 5) is 4.56. The molecule has 106 valence electrons. The third-order valence-electron chi connectivity index (χ3n) is 4.38. The minimum Gasteiger partial charge on any atom is -0.392 e. The lowest BCUT2D eigenvalue weighted by Gasteiger charge is -2.36. The molecule has 1 saturated heterocycles. The largest absolute Gasteiger partial charge is 0.392 e. The summed E-state index contributed by atoms with van der Waals surface area (Å²) in [6.45, 7) is 1.71. The van der Waals surface area contributed by atoms with Crippen LogP contribution in [0.2, 0.25) is 0 Å². The highest BCUT2D eigenvalue weighted by Crippen LogP contribution is 2.29. The summed E-state index contributed by atoms with van der Waals surface area (Å²) in [5.41, 5.74) is 0. The summed E-state index contributed by atoms with van der Waals surface area (Å²) in [7, 11) is 4.15. The first-order valence-electron chi connectivity index (χ1n) is 7.34. The second-order valence-corrected chi connectivity index (χ2v) is 6.28. The van der Waals surface area contributed by atoms with Crippen LogP contribution in [0.15, 0.2) is 0 Å². The number of hydrogen-bond donors (Lipinski definition) is 2. The minimum atomic E-state index is -0.217. The number of aliphatic hydroxyl groups excluding tert-OH is 2. The van der Waals surface area contributed by atoms with E-state index in [4.69, 9.17) is 0 Å². The van der Waals surface area contributed by atoms with Crippen molar-refractivity contribution in [1.82, 2.24) is 9.80 Å². The van der Waals surface area contributed by atoms with Crippen molar-refractivity contribution in [1.29, 1.82) is 0 Å². The molecule has 2 N–H and O–H groups in total. The maximum absolute atomic E-state index is 10.3. The van der Waals surface area contributed by atoms with Crippen LogP contribution < -0.4 is 0 Å². The van der Waals surface area contributed by atoms with E-state index in [0.717, 1.165) is 38.8 Å². The maximum atomic E-state index is 10.3. The summed E-state index contributed by atoms with van der Waals surface area (Å²) < 4.78 is 0. The highest BCUT2D eigenvalue weighted by atomic mass is 16.3. The number of likely N-dealkylation sites (N-methyl/N-ethyl adjacent to an activating group) is 1. The van der Waals surface area contributed by atoms with Gasteiger partial charge in [0.25, 0.3) is 0 Å². The molecule has 0 radical (unpaired) electrons. The van der Waals surface area contributed by atoms with E-state index < -0.39 is 0 Å². The van der Waals surface area contributed by atoms with Crippen LogP contribution in [0.4, 0.5) is 0 Å². The van der Waals surface area contributed by atoms with Crippen molar-refractivity contribution < 1.29 is 10.2 Å². The lowest BCUT2D eigenvalue weighted by molar-refractivity contribution is 0.0276. The summed E-state index contributed by atoms with van der Waals surface area (Å²) in [6.07, 6.45) is 6.02. The molecular weight excluding hydrogens is 228 g/mol. The van der Waals surface area contributed by atoms with Crippen LogP contribution in [0, 0.1) is 0 Å². The Hall–Kier alpha value is -0.160. The number of hydrogen-bond acceptors (Lipinski definition) is 4. The minimum absolute atomic E-state index is 0.206. The van der Waals surface area contributed by atoms with Crippen molar-refractivity contribution >= 4 is 0 Å². The standard InChI is InChI=1S/C14H28N2O2/c1-15(2)9-11-8-12(17)10-16(11)13-6-4-3-5-7-14(13)18/h11-14,17-18H,3-10H2,1-2H3. The maximum Gasteiger partial charge on any atom is 0.0695 e. The molecule has 0 aromatic carbocycles. The lowest BCUT2D eigenvalue weighted by atomic mass is 10.0. The number of rotatable bonds is 3. The molecular formula is C14H28N2O2. The first-order chi connectivity index (χ1) is 8.58. The van der Waals surface area contributed by atoms with Gasteiger partial charge in [-0.25, -0.2) is 0 Å². The van der Waals surface area contributed by atoms with Gasteiger partial charge in [-0.3, -0.25) is 4.90 Å². The molecule has 1 aliphatic carbocycles. The molecule has 2 rings (SSSR count). The van der Waals surface area contributed by atoms with Crippen molar-refractivity contribution in [2.24, 2.45) is 0 Å². The Labute approximate surface area is 111 Å². The van der Waals surface area contributed by atoms with E-state index in [0.29, 0.717) is 6.04 Å². The predicted molar refractivity (Wildman–Crippen MR) is 72.6 cm³/mol. The van der Waals surface area contributed by atoms with Crippen LogP contribution in [-0.2, 0) is 0 Å². The van der Waals surface area contributed by atoms with E-state index in [2.05, 4.69) is 23.9 Å². The van der Waals surface area contributed by atoms with Crippen LogP contribution in [0.3, 0.4) is 0 Å². The highest BCUT2D eigenvalue weighted by molar-refractivity contribution is 4.93. The van der Waals surface area contributed by atoms with Gasteiger partial charge in [-0.1, -0.05) is 19.3 Å². The molecule has 1 heterocycles. The number of nitrogens with zero attached hydrogens (tertiary/aromatic N) is 2. The predicted octanol–water partition coefficient (Wildman–Crippen LogP) is 0.677. The summed E-state index contributed by atoms with van der Waals surface area (Å²) in [5.74, 6) is 0. The van der Waals surface area contributed by atoms with Crippen molar-refractivity contribution in [3.63, 3.8) is 0 Å². The third-order valence-corrected chi connectivity index (χ3v) is 4.38. The van der Waals surface area contributed by atoms with Gasteiger partial charge in [-0.15, -0.1) is 0 Å². The summed E-state index contributed by atoms with van der Waals surface area (Å²) in [5, 5.41) is 20.2. The zero-order valence-corrected chi connectivity index (χ0v) is 11.8. The molecule has 0 spiro atoms. The van der Waals surface area contributed by atoms with Crippen LogP contribution in [0.25, 0.3) is 0 Å². The first kappa shape index (κ1) is 14.3. The SMILES string of the molecule is CN(C)CC1CC(O)CN1C1CCCCCC1O. The van der Waals surface area contributed by atoms with E-state index in [1.54, 1.807) is 0 Å². The second-order valence-electron chi connectivity index (χ2n) is 6.28. The van der Waals surface area contributed by atoms with Crippen molar-refractivity contribution in [2.75, 3.05) is 27.2 Å². The van der Waals surface area contributed by atoms with Crippen LogP contribution in [0.5, 0.6) is 0 Å². The van der Waals surface area contributed by atoms with E-state index in [1.807, 2.05) is 0 Å². The molecule has 4 unspecified atom stereocenters. The monoisotopic (exact) mass is 256 g/mol. The molecule has 4 heteroatoms. The van der Waals surface area contributed by atoms with E-state index in [9.17, 15) is 10.2 Å². The van der Waals surface area contributed by atoms with E-state index >= 15 is 0 Å². The average Bonchev–Trinajstić information content (AvgIpc) is 2.50. The second kappa shape index (κ2) is 6.33. The van der Waals surface area contributed by atoms with E-state index in [-0.39, 0.29) is 18.2 Å². The number of likely N-dealkylation sites (tertiary alicyclic amines) is 1. The average molecular weight is 256 g/mol. The molecule has 18 heavy (non-hydrogen) atoms. The first-order valence-corrected chi connectivity index (χ1v) is 7.34. The fraction of sp³-hybridized carbons (Fsp3) is 1.00. The molecule has 0 aromatic heterocycles. The molecule has 1 aliphatic heterocycles. The van der Waals surface area contributed by atoms with Crippen molar-refractivity contribution in [3.8, 4) is 0 Å². The third kappa shape index (κ3) is 3.44. The van der Waals surface area contributed by atoms with Gasteiger partial charge in [0.1, 0.15) is 0 Å². The van der Waals surface area contributed by atoms with Crippen LogP contribution >= 0.6 is 0 Å². The van der Waals surface area contributed by atoms with Crippen molar-refractivity contribution in [3.05, 3.63) is 0 Å². The number of aliphatic hydroxyl groups is 2. The normalized spacial score (nSPS) is 39.2. The Morgan fingerprint density at radius 1 is 1.11 bits per heavy atom. The molecule has 1 saturated carbocycles. The van der Waals surface area contributed by atoms with Crippen LogP contribution in [-0.4, -0.2) is 71.5 Å². The zero-order valence-electron chi connectivity index (χ0n) is 11.8. The fourth-order valence-electron chi connectivity index (χ4n) is 3.58.